The average molecular weight is 328 g/mol. The minimum absolute atomic E-state index is 0.207. The highest BCUT2D eigenvalue weighted by Crippen LogP contribution is 2.34. The molecule has 0 radical (unpaired) electrons. The molecule has 0 atom stereocenters. The van der Waals surface area contributed by atoms with Gasteiger partial charge in [0.15, 0.2) is 11.5 Å². The molecule has 24 heavy (non-hydrogen) atoms. The number of anilines is 1. The van der Waals surface area contributed by atoms with E-state index >= 15 is 0 Å². The van der Waals surface area contributed by atoms with Gasteiger partial charge in [0.05, 0.1) is 6.54 Å². The van der Waals surface area contributed by atoms with Gasteiger partial charge < -0.3 is 24.4 Å². The fraction of sp³-hybridized carbons (Fsp3) is 0.278. The van der Waals surface area contributed by atoms with E-state index in [1.165, 1.54) is 5.56 Å². The van der Waals surface area contributed by atoms with Gasteiger partial charge in [-0.1, -0.05) is 17.7 Å². The van der Waals surface area contributed by atoms with Crippen molar-refractivity contribution in [1.82, 2.24) is 4.90 Å². The first-order valence-corrected chi connectivity index (χ1v) is 7.73. The molecule has 1 heterocycles. The molecule has 1 N–H and O–H groups in total. The number of hydrogen-bond acceptors (Lipinski definition) is 4. The van der Waals surface area contributed by atoms with Crippen molar-refractivity contribution in [3.63, 3.8) is 0 Å². The smallest absolute Gasteiger partial charge is 0.321 e. The highest BCUT2D eigenvalue weighted by Gasteiger charge is 2.15. The van der Waals surface area contributed by atoms with Crippen molar-refractivity contribution in [3.8, 4) is 17.2 Å². The Balaban J connectivity index is 1.47. The predicted molar refractivity (Wildman–Crippen MR) is 90.9 cm³/mol. The minimum atomic E-state index is -0.207. The number of hydrogen-bond donors (Lipinski definition) is 1. The van der Waals surface area contributed by atoms with Crippen LogP contribution >= 0.6 is 0 Å². The number of nitrogens with one attached hydrogen (secondary N) is 1. The maximum absolute atomic E-state index is 12.2. The van der Waals surface area contributed by atoms with Gasteiger partial charge in [-0.15, -0.1) is 0 Å². The third-order valence-corrected chi connectivity index (χ3v) is 3.69. The van der Waals surface area contributed by atoms with Crippen LogP contribution in [0.3, 0.4) is 0 Å². The van der Waals surface area contributed by atoms with Gasteiger partial charge in [-0.2, -0.15) is 0 Å². The second-order valence-electron chi connectivity index (χ2n) is 5.58. The third-order valence-electron chi connectivity index (χ3n) is 3.69. The number of aryl methyl sites for hydroxylation is 1. The van der Waals surface area contributed by atoms with Gasteiger partial charge in [-0.05, 0) is 31.2 Å². The van der Waals surface area contributed by atoms with Gasteiger partial charge in [-0.3, -0.25) is 0 Å². The fourth-order valence-electron chi connectivity index (χ4n) is 2.23. The van der Waals surface area contributed by atoms with Crippen LogP contribution in [-0.2, 0) is 0 Å². The van der Waals surface area contributed by atoms with E-state index in [1.807, 2.05) is 31.2 Å². The molecule has 0 aromatic heterocycles. The number of fused-ring (bicyclic) bond motifs is 1. The first-order chi connectivity index (χ1) is 11.6. The van der Waals surface area contributed by atoms with E-state index in [1.54, 1.807) is 30.1 Å². The standard InChI is InChI=1S/C18H20N2O4/c1-13-3-6-15(7-4-13)22-10-9-20(2)18(21)19-14-5-8-16-17(11-14)24-12-23-16/h3-8,11H,9-10,12H2,1-2H3,(H,19,21). The molecule has 6 nitrogen and oxygen atoms in total. The van der Waals surface area contributed by atoms with E-state index < -0.39 is 0 Å². The third kappa shape index (κ3) is 3.90. The summed E-state index contributed by atoms with van der Waals surface area (Å²) in [6.07, 6.45) is 0. The zero-order valence-electron chi connectivity index (χ0n) is 13.7. The normalized spacial score (nSPS) is 11.9. The summed E-state index contributed by atoms with van der Waals surface area (Å²) in [5.74, 6) is 2.12. The number of urea groups is 1. The van der Waals surface area contributed by atoms with Crippen LogP contribution in [0.1, 0.15) is 5.56 Å². The number of carbonyl (C=O) groups excluding carboxylic acids is 1. The van der Waals surface area contributed by atoms with Gasteiger partial charge in [0, 0.05) is 18.8 Å². The second-order valence-corrected chi connectivity index (χ2v) is 5.58. The quantitative estimate of drug-likeness (QED) is 0.915. The maximum Gasteiger partial charge on any atom is 0.321 e. The molecule has 2 aromatic rings. The lowest BCUT2D eigenvalue weighted by Gasteiger charge is -2.18. The van der Waals surface area contributed by atoms with Crippen LogP contribution in [0.5, 0.6) is 17.2 Å². The van der Waals surface area contributed by atoms with Gasteiger partial charge in [0.2, 0.25) is 6.79 Å². The van der Waals surface area contributed by atoms with Crippen molar-refractivity contribution in [3.05, 3.63) is 48.0 Å². The van der Waals surface area contributed by atoms with E-state index in [0.717, 1.165) is 5.75 Å². The zero-order valence-corrected chi connectivity index (χ0v) is 13.7. The van der Waals surface area contributed by atoms with E-state index in [9.17, 15) is 4.79 Å². The zero-order chi connectivity index (χ0) is 16.9. The van der Waals surface area contributed by atoms with Crippen LogP contribution in [0.2, 0.25) is 0 Å². The molecule has 2 aromatic carbocycles. The number of amides is 2. The first-order valence-electron chi connectivity index (χ1n) is 7.73. The van der Waals surface area contributed by atoms with Crippen LogP contribution in [0.25, 0.3) is 0 Å². The largest absolute Gasteiger partial charge is 0.492 e. The van der Waals surface area contributed by atoms with E-state index in [0.29, 0.717) is 30.3 Å². The van der Waals surface area contributed by atoms with E-state index in [-0.39, 0.29) is 12.8 Å². The number of likely N-dealkylation sites (N-methyl/N-ethyl adjacent to an activating group) is 1. The summed E-state index contributed by atoms with van der Waals surface area (Å²) in [5.41, 5.74) is 1.85. The molecule has 1 aliphatic rings. The Bertz CT molecular complexity index is 715. The number of carbonyl (C=O) groups is 1. The molecule has 2 amide bonds. The lowest BCUT2D eigenvalue weighted by atomic mass is 10.2. The van der Waals surface area contributed by atoms with Crippen molar-refractivity contribution in [1.29, 1.82) is 0 Å². The lowest BCUT2D eigenvalue weighted by Crippen LogP contribution is -2.34. The van der Waals surface area contributed by atoms with Gasteiger partial charge in [0.1, 0.15) is 12.4 Å². The summed E-state index contributed by atoms with van der Waals surface area (Å²) in [4.78, 5) is 13.8. The topological polar surface area (TPSA) is 60.0 Å². The summed E-state index contributed by atoms with van der Waals surface area (Å²) in [5, 5.41) is 2.82. The van der Waals surface area contributed by atoms with Crippen molar-refractivity contribution >= 4 is 11.7 Å². The summed E-state index contributed by atoms with van der Waals surface area (Å²) in [6.45, 7) is 3.14. The van der Waals surface area contributed by atoms with Crippen LogP contribution in [-0.4, -0.2) is 37.9 Å². The van der Waals surface area contributed by atoms with Gasteiger partial charge in [-0.25, -0.2) is 4.79 Å². The lowest BCUT2D eigenvalue weighted by molar-refractivity contribution is 0.174. The van der Waals surface area contributed by atoms with Gasteiger partial charge >= 0.3 is 6.03 Å². The second kappa shape index (κ2) is 7.12. The Morgan fingerprint density at radius 1 is 1.17 bits per heavy atom. The van der Waals surface area contributed by atoms with Crippen molar-refractivity contribution in [2.75, 3.05) is 32.3 Å². The summed E-state index contributed by atoms with van der Waals surface area (Å²) in [7, 11) is 1.72. The minimum Gasteiger partial charge on any atom is -0.492 e. The van der Waals surface area contributed by atoms with Crippen molar-refractivity contribution < 1.29 is 19.0 Å². The summed E-state index contributed by atoms with van der Waals surface area (Å²) >= 11 is 0. The molecule has 1 aliphatic heterocycles. The van der Waals surface area contributed by atoms with Crippen LogP contribution in [0, 0.1) is 6.92 Å². The predicted octanol–water partition coefficient (Wildman–Crippen LogP) is 3.27. The molecule has 0 bridgehead atoms. The summed E-state index contributed by atoms with van der Waals surface area (Å²) < 4.78 is 16.2. The first kappa shape index (κ1) is 16.0. The van der Waals surface area contributed by atoms with Crippen LogP contribution < -0.4 is 19.5 Å². The highest BCUT2D eigenvalue weighted by molar-refractivity contribution is 5.89. The molecule has 126 valence electrons. The van der Waals surface area contributed by atoms with Crippen LogP contribution in [0.4, 0.5) is 10.5 Å². The van der Waals surface area contributed by atoms with Crippen molar-refractivity contribution in [2.24, 2.45) is 0 Å². The maximum atomic E-state index is 12.2. The van der Waals surface area contributed by atoms with Crippen molar-refractivity contribution in [2.45, 2.75) is 6.92 Å². The molecule has 6 heteroatoms. The monoisotopic (exact) mass is 328 g/mol. The van der Waals surface area contributed by atoms with E-state index in [2.05, 4.69) is 5.32 Å². The molecule has 0 aliphatic carbocycles. The Morgan fingerprint density at radius 2 is 1.92 bits per heavy atom. The fourth-order valence-corrected chi connectivity index (χ4v) is 2.23. The number of ether oxygens (including phenoxy) is 3. The van der Waals surface area contributed by atoms with E-state index in [4.69, 9.17) is 14.2 Å². The Kier molecular flexibility index (Phi) is 4.74. The molecule has 0 unspecified atom stereocenters. The number of rotatable bonds is 5. The average Bonchev–Trinajstić information content (AvgIpc) is 3.04. The van der Waals surface area contributed by atoms with Gasteiger partial charge in [0.25, 0.3) is 0 Å². The molecular formula is C18H20N2O4. The SMILES string of the molecule is Cc1ccc(OCCN(C)C(=O)Nc2ccc3c(c2)OCO3)cc1. The molecule has 0 fully saturated rings. The molecule has 0 spiro atoms. The summed E-state index contributed by atoms with van der Waals surface area (Å²) in [6, 6.07) is 12.9. The van der Waals surface area contributed by atoms with Crippen LogP contribution in [0.15, 0.2) is 42.5 Å². The molecule has 0 saturated heterocycles. The Morgan fingerprint density at radius 3 is 2.71 bits per heavy atom. The molecule has 3 rings (SSSR count). The number of nitrogens with zero attached hydrogens (tertiary/aromatic N) is 1. The highest BCUT2D eigenvalue weighted by atomic mass is 16.7. The molecular weight excluding hydrogens is 308 g/mol. The Labute approximate surface area is 140 Å². The molecule has 0 saturated carbocycles. The Hall–Kier alpha value is -2.89. The number of benzene rings is 2.